The molecule has 0 saturated heterocycles. The molecule has 1 heterocycles. The average molecular weight is 224 g/mol. The van der Waals surface area contributed by atoms with Gasteiger partial charge in [-0.2, -0.15) is 5.26 Å². The van der Waals surface area contributed by atoms with Gasteiger partial charge in [-0.25, -0.2) is 0 Å². The monoisotopic (exact) mass is 224 g/mol. The van der Waals surface area contributed by atoms with Crippen molar-refractivity contribution in [3.8, 4) is 22.9 Å². The number of hydrogen-bond acceptors (Lipinski definition) is 3. The summed E-state index contributed by atoms with van der Waals surface area (Å²) in [5.74, 6) is 0.812. The maximum atomic E-state index is 8.86. The molecule has 0 aliphatic heterocycles. The van der Waals surface area contributed by atoms with Crippen molar-refractivity contribution >= 4 is 0 Å². The zero-order valence-corrected chi connectivity index (χ0v) is 9.55. The number of ether oxygens (including phenoxy) is 1. The third-order valence-electron chi connectivity index (χ3n) is 2.37. The maximum absolute atomic E-state index is 8.86. The predicted octanol–water partition coefficient (Wildman–Crippen LogP) is 3.02. The van der Waals surface area contributed by atoms with Crippen LogP contribution in [0.1, 0.15) is 12.5 Å². The first-order chi connectivity index (χ1) is 8.35. The third kappa shape index (κ3) is 2.43. The number of nitrogens with zero attached hydrogens (tertiary/aromatic N) is 2. The van der Waals surface area contributed by atoms with E-state index in [4.69, 9.17) is 10.00 Å². The molecule has 0 aliphatic rings. The van der Waals surface area contributed by atoms with Crippen molar-refractivity contribution in [3.63, 3.8) is 0 Å². The Morgan fingerprint density at radius 2 is 2.12 bits per heavy atom. The van der Waals surface area contributed by atoms with Crippen molar-refractivity contribution in [1.82, 2.24) is 4.98 Å². The molecule has 0 atom stereocenters. The van der Waals surface area contributed by atoms with E-state index in [9.17, 15) is 0 Å². The first-order valence-corrected chi connectivity index (χ1v) is 5.42. The lowest BCUT2D eigenvalue weighted by molar-refractivity contribution is 0.341. The summed E-state index contributed by atoms with van der Waals surface area (Å²) < 4.78 is 5.55. The van der Waals surface area contributed by atoms with Crippen LogP contribution in [0.25, 0.3) is 11.1 Å². The molecule has 1 aromatic heterocycles. The van der Waals surface area contributed by atoms with Gasteiger partial charge in [0, 0.05) is 23.5 Å². The molecular weight excluding hydrogens is 212 g/mol. The second-order valence-electron chi connectivity index (χ2n) is 3.50. The van der Waals surface area contributed by atoms with Crippen molar-refractivity contribution in [1.29, 1.82) is 5.26 Å². The van der Waals surface area contributed by atoms with Gasteiger partial charge >= 0.3 is 0 Å². The normalized spacial score (nSPS) is 9.65. The summed E-state index contributed by atoms with van der Waals surface area (Å²) in [7, 11) is 0. The number of aromatic nitrogens is 1. The molecule has 0 aliphatic carbocycles. The second kappa shape index (κ2) is 5.13. The zero-order valence-electron chi connectivity index (χ0n) is 9.55. The van der Waals surface area contributed by atoms with Gasteiger partial charge in [-0.15, -0.1) is 0 Å². The zero-order chi connectivity index (χ0) is 12.1. The molecule has 0 bridgehead atoms. The lowest BCUT2D eigenvalue weighted by Gasteiger charge is -2.09. The molecule has 84 valence electrons. The molecule has 1 aromatic carbocycles. The topological polar surface area (TPSA) is 45.9 Å². The standard InChI is InChI=1S/C14H12N2O/c1-2-17-14-6-4-3-5-13(14)12-7-11(8-15)9-16-10-12/h3-7,9-10H,2H2,1H3. The molecule has 0 unspecified atom stereocenters. The van der Waals surface area contributed by atoms with E-state index in [1.807, 2.05) is 37.3 Å². The van der Waals surface area contributed by atoms with E-state index >= 15 is 0 Å². The van der Waals surface area contributed by atoms with Gasteiger partial charge in [-0.3, -0.25) is 4.98 Å². The fourth-order valence-corrected chi connectivity index (χ4v) is 1.63. The summed E-state index contributed by atoms with van der Waals surface area (Å²) in [6.45, 7) is 2.56. The van der Waals surface area contributed by atoms with Gasteiger partial charge in [0.1, 0.15) is 11.8 Å². The van der Waals surface area contributed by atoms with E-state index in [1.165, 1.54) is 0 Å². The Balaban J connectivity index is 2.48. The highest BCUT2D eigenvalue weighted by atomic mass is 16.5. The number of rotatable bonds is 3. The predicted molar refractivity (Wildman–Crippen MR) is 65.6 cm³/mol. The quantitative estimate of drug-likeness (QED) is 0.805. The van der Waals surface area contributed by atoms with Crippen LogP contribution in [0.3, 0.4) is 0 Å². The summed E-state index contributed by atoms with van der Waals surface area (Å²) in [6, 6.07) is 11.6. The molecule has 3 heteroatoms. The Labute approximate surface area is 100 Å². The molecule has 17 heavy (non-hydrogen) atoms. The Kier molecular flexibility index (Phi) is 3.37. The van der Waals surface area contributed by atoms with Gasteiger partial charge in [-0.05, 0) is 19.1 Å². The summed E-state index contributed by atoms with van der Waals surface area (Å²) in [6.07, 6.45) is 3.28. The second-order valence-corrected chi connectivity index (χ2v) is 3.50. The molecule has 0 fully saturated rings. The SMILES string of the molecule is CCOc1ccccc1-c1cncc(C#N)c1. The van der Waals surface area contributed by atoms with Crippen LogP contribution < -0.4 is 4.74 Å². The van der Waals surface area contributed by atoms with Crippen molar-refractivity contribution in [2.45, 2.75) is 6.92 Å². The minimum Gasteiger partial charge on any atom is -0.493 e. The van der Waals surface area contributed by atoms with Gasteiger partial charge in [0.05, 0.1) is 12.2 Å². The van der Waals surface area contributed by atoms with Crippen molar-refractivity contribution < 1.29 is 4.74 Å². The van der Waals surface area contributed by atoms with E-state index in [0.717, 1.165) is 16.9 Å². The summed E-state index contributed by atoms with van der Waals surface area (Å²) in [5, 5.41) is 8.86. The van der Waals surface area contributed by atoms with Crippen LogP contribution in [0.4, 0.5) is 0 Å². The molecule has 0 amide bonds. The largest absolute Gasteiger partial charge is 0.493 e. The van der Waals surface area contributed by atoms with Gasteiger partial charge < -0.3 is 4.74 Å². The highest BCUT2D eigenvalue weighted by Gasteiger charge is 2.06. The molecular formula is C14H12N2O. The Bertz CT molecular complexity index is 558. The molecule has 2 rings (SSSR count). The van der Waals surface area contributed by atoms with E-state index in [2.05, 4.69) is 11.1 Å². The molecule has 0 spiro atoms. The van der Waals surface area contributed by atoms with Gasteiger partial charge in [0.2, 0.25) is 0 Å². The Morgan fingerprint density at radius 3 is 2.88 bits per heavy atom. The highest BCUT2D eigenvalue weighted by Crippen LogP contribution is 2.29. The van der Waals surface area contributed by atoms with Gasteiger partial charge in [0.25, 0.3) is 0 Å². The summed E-state index contributed by atoms with van der Waals surface area (Å²) in [4.78, 5) is 4.06. The molecule has 3 nitrogen and oxygen atoms in total. The molecule has 0 radical (unpaired) electrons. The van der Waals surface area contributed by atoms with Gasteiger partial charge in [0.15, 0.2) is 0 Å². The number of nitriles is 1. The van der Waals surface area contributed by atoms with Gasteiger partial charge in [-0.1, -0.05) is 18.2 Å². The number of para-hydroxylation sites is 1. The van der Waals surface area contributed by atoms with E-state index < -0.39 is 0 Å². The summed E-state index contributed by atoms with van der Waals surface area (Å²) >= 11 is 0. The number of pyridine rings is 1. The first kappa shape index (κ1) is 11.2. The minimum absolute atomic E-state index is 0.550. The lowest BCUT2D eigenvalue weighted by atomic mass is 10.1. The first-order valence-electron chi connectivity index (χ1n) is 5.42. The van der Waals surface area contributed by atoms with Crippen LogP contribution in [0.2, 0.25) is 0 Å². The fourth-order valence-electron chi connectivity index (χ4n) is 1.63. The number of benzene rings is 1. The average Bonchev–Trinajstić information content (AvgIpc) is 2.40. The van der Waals surface area contributed by atoms with Crippen molar-refractivity contribution in [2.75, 3.05) is 6.61 Å². The lowest BCUT2D eigenvalue weighted by Crippen LogP contribution is -1.94. The highest BCUT2D eigenvalue weighted by molar-refractivity contribution is 5.70. The van der Waals surface area contributed by atoms with E-state index in [-0.39, 0.29) is 0 Å². The minimum atomic E-state index is 0.550. The smallest absolute Gasteiger partial charge is 0.127 e. The Hall–Kier alpha value is -2.34. The van der Waals surface area contributed by atoms with Crippen LogP contribution in [-0.4, -0.2) is 11.6 Å². The van der Waals surface area contributed by atoms with Crippen LogP contribution in [-0.2, 0) is 0 Å². The summed E-state index contributed by atoms with van der Waals surface area (Å²) in [5.41, 5.74) is 2.40. The van der Waals surface area contributed by atoms with Crippen molar-refractivity contribution in [3.05, 3.63) is 48.3 Å². The van der Waals surface area contributed by atoms with E-state index in [1.54, 1.807) is 12.4 Å². The Morgan fingerprint density at radius 1 is 1.29 bits per heavy atom. The van der Waals surface area contributed by atoms with Crippen molar-refractivity contribution in [2.24, 2.45) is 0 Å². The molecule has 0 saturated carbocycles. The van der Waals surface area contributed by atoms with E-state index in [0.29, 0.717) is 12.2 Å². The van der Waals surface area contributed by atoms with Crippen LogP contribution in [0.5, 0.6) is 5.75 Å². The maximum Gasteiger partial charge on any atom is 0.127 e. The fraction of sp³-hybridized carbons (Fsp3) is 0.143. The third-order valence-corrected chi connectivity index (χ3v) is 2.37. The van der Waals surface area contributed by atoms with Crippen LogP contribution >= 0.6 is 0 Å². The molecule has 0 N–H and O–H groups in total. The molecule has 2 aromatic rings. The van der Waals surface area contributed by atoms with Crippen LogP contribution in [0, 0.1) is 11.3 Å². The van der Waals surface area contributed by atoms with Crippen LogP contribution in [0.15, 0.2) is 42.7 Å². The number of hydrogen-bond donors (Lipinski definition) is 0.